The Kier molecular flexibility index (Phi) is 5.78. The van der Waals surface area contributed by atoms with Gasteiger partial charge in [0.1, 0.15) is 17.5 Å². The zero-order chi connectivity index (χ0) is 20.1. The lowest BCUT2D eigenvalue weighted by atomic mass is 10.1. The molecule has 8 heteroatoms. The minimum absolute atomic E-state index is 0.00626. The summed E-state index contributed by atoms with van der Waals surface area (Å²) in [7, 11) is 0. The first-order chi connectivity index (χ1) is 13.4. The Morgan fingerprint density at radius 1 is 1.04 bits per heavy atom. The van der Waals surface area contributed by atoms with Crippen molar-refractivity contribution in [1.29, 1.82) is 0 Å². The summed E-state index contributed by atoms with van der Waals surface area (Å²) < 4.78 is 26.1. The SMILES string of the molecule is CC(C)N/C(=N/C(=O)c1ccc(F)cc1)Nc1cc(-c2ccc(F)cc2)n[nH]1. The normalized spacial score (nSPS) is 11.5. The van der Waals surface area contributed by atoms with Crippen molar-refractivity contribution in [3.8, 4) is 11.3 Å². The number of benzene rings is 2. The van der Waals surface area contributed by atoms with Crippen LogP contribution in [0.3, 0.4) is 0 Å². The van der Waals surface area contributed by atoms with Crippen LogP contribution in [0.1, 0.15) is 24.2 Å². The summed E-state index contributed by atoms with van der Waals surface area (Å²) in [6, 6.07) is 12.8. The van der Waals surface area contributed by atoms with Crippen LogP contribution in [0.15, 0.2) is 59.6 Å². The number of carbonyl (C=O) groups is 1. The van der Waals surface area contributed by atoms with E-state index < -0.39 is 11.7 Å². The summed E-state index contributed by atoms with van der Waals surface area (Å²) in [5.41, 5.74) is 1.61. The Labute approximate surface area is 160 Å². The molecular weight excluding hydrogens is 364 g/mol. The van der Waals surface area contributed by atoms with Gasteiger partial charge in [0, 0.05) is 23.2 Å². The zero-order valence-corrected chi connectivity index (χ0v) is 15.3. The number of aliphatic imine (C=N–C) groups is 1. The average Bonchev–Trinajstić information content (AvgIpc) is 3.10. The van der Waals surface area contributed by atoms with E-state index in [2.05, 4.69) is 25.8 Å². The lowest BCUT2D eigenvalue weighted by molar-refractivity contribution is 0.100. The number of hydrogen-bond acceptors (Lipinski definition) is 2. The van der Waals surface area contributed by atoms with Gasteiger partial charge in [-0.3, -0.25) is 9.89 Å². The number of guanidine groups is 1. The monoisotopic (exact) mass is 383 g/mol. The Morgan fingerprint density at radius 2 is 1.64 bits per heavy atom. The molecule has 0 unspecified atom stereocenters. The fourth-order valence-electron chi connectivity index (χ4n) is 2.41. The number of aromatic nitrogens is 2. The van der Waals surface area contributed by atoms with Crippen molar-refractivity contribution in [2.24, 2.45) is 4.99 Å². The molecule has 28 heavy (non-hydrogen) atoms. The molecule has 3 N–H and O–H groups in total. The van der Waals surface area contributed by atoms with Gasteiger partial charge in [-0.1, -0.05) is 0 Å². The van der Waals surface area contributed by atoms with Gasteiger partial charge in [0.15, 0.2) is 0 Å². The lowest BCUT2D eigenvalue weighted by Crippen LogP contribution is -2.36. The maximum Gasteiger partial charge on any atom is 0.280 e. The molecule has 0 saturated carbocycles. The highest BCUT2D eigenvalue weighted by atomic mass is 19.1. The predicted octanol–water partition coefficient (Wildman–Crippen LogP) is 3.96. The van der Waals surface area contributed by atoms with Gasteiger partial charge >= 0.3 is 0 Å². The van der Waals surface area contributed by atoms with Gasteiger partial charge in [-0.2, -0.15) is 10.1 Å². The third-order valence-electron chi connectivity index (χ3n) is 3.70. The first-order valence-corrected chi connectivity index (χ1v) is 8.64. The number of aromatic amines is 1. The van der Waals surface area contributed by atoms with Crippen LogP contribution in [-0.2, 0) is 0 Å². The van der Waals surface area contributed by atoms with Crippen LogP contribution in [-0.4, -0.2) is 28.1 Å². The standard InChI is InChI=1S/C20H19F2N5O/c1-12(2)23-20(25-19(28)14-5-9-16(22)10-6-14)24-18-11-17(26-27-18)13-3-7-15(21)8-4-13/h3-12H,1-2H3,(H3,23,24,25,26,27,28). The number of H-pyrrole nitrogens is 1. The third-order valence-corrected chi connectivity index (χ3v) is 3.70. The zero-order valence-electron chi connectivity index (χ0n) is 15.3. The van der Waals surface area contributed by atoms with E-state index in [-0.39, 0.29) is 23.4 Å². The summed E-state index contributed by atoms with van der Waals surface area (Å²) in [6.45, 7) is 3.80. The van der Waals surface area contributed by atoms with Crippen molar-refractivity contribution in [2.45, 2.75) is 19.9 Å². The van der Waals surface area contributed by atoms with Crippen LogP contribution in [0, 0.1) is 11.6 Å². The van der Waals surface area contributed by atoms with E-state index in [1.165, 1.54) is 36.4 Å². The molecule has 6 nitrogen and oxygen atoms in total. The number of nitrogens with zero attached hydrogens (tertiary/aromatic N) is 2. The smallest absolute Gasteiger partial charge is 0.280 e. The number of halogens is 2. The van der Waals surface area contributed by atoms with Crippen molar-refractivity contribution < 1.29 is 13.6 Å². The van der Waals surface area contributed by atoms with Gasteiger partial charge in [-0.25, -0.2) is 8.78 Å². The predicted molar refractivity (Wildman–Crippen MR) is 104 cm³/mol. The average molecular weight is 383 g/mol. The van der Waals surface area contributed by atoms with Gasteiger partial charge < -0.3 is 10.6 Å². The molecule has 0 aliphatic rings. The summed E-state index contributed by atoms with van der Waals surface area (Å²) in [5, 5.41) is 13.0. The van der Waals surface area contributed by atoms with E-state index in [4.69, 9.17) is 0 Å². The summed E-state index contributed by atoms with van der Waals surface area (Å²) in [6.07, 6.45) is 0. The highest BCUT2D eigenvalue weighted by Gasteiger charge is 2.11. The summed E-state index contributed by atoms with van der Waals surface area (Å²) in [5.74, 6) is -0.553. The molecule has 1 aromatic heterocycles. The first-order valence-electron chi connectivity index (χ1n) is 8.64. The van der Waals surface area contributed by atoms with Crippen LogP contribution < -0.4 is 10.6 Å². The number of carbonyl (C=O) groups excluding carboxylic acids is 1. The largest absolute Gasteiger partial charge is 0.354 e. The second kappa shape index (κ2) is 8.43. The van der Waals surface area contributed by atoms with E-state index in [0.29, 0.717) is 11.5 Å². The molecular formula is C20H19F2N5O. The minimum Gasteiger partial charge on any atom is -0.354 e. The van der Waals surface area contributed by atoms with Crippen molar-refractivity contribution in [3.05, 3.63) is 71.8 Å². The Balaban J connectivity index is 1.80. The quantitative estimate of drug-likeness (QED) is 0.470. The highest BCUT2D eigenvalue weighted by molar-refractivity contribution is 6.06. The summed E-state index contributed by atoms with van der Waals surface area (Å²) in [4.78, 5) is 16.4. The van der Waals surface area contributed by atoms with Crippen molar-refractivity contribution in [3.63, 3.8) is 0 Å². The van der Waals surface area contributed by atoms with Crippen LogP contribution in [0.4, 0.5) is 14.6 Å². The second-order valence-corrected chi connectivity index (χ2v) is 6.37. The molecule has 0 aliphatic heterocycles. The summed E-state index contributed by atoms with van der Waals surface area (Å²) >= 11 is 0. The van der Waals surface area contributed by atoms with Gasteiger partial charge in [-0.15, -0.1) is 0 Å². The molecule has 0 aliphatic carbocycles. The van der Waals surface area contributed by atoms with Gasteiger partial charge in [-0.05, 0) is 62.4 Å². The first kappa shape index (κ1) is 19.2. The molecule has 3 aromatic rings. The van der Waals surface area contributed by atoms with Crippen LogP contribution >= 0.6 is 0 Å². The fraction of sp³-hybridized carbons (Fsp3) is 0.150. The van der Waals surface area contributed by atoms with E-state index in [1.807, 2.05) is 13.8 Å². The lowest BCUT2D eigenvalue weighted by Gasteiger charge is -2.13. The van der Waals surface area contributed by atoms with E-state index in [1.54, 1.807) is 18.2 Å². The Hall–Kier alpha value is -3.55. The third kappa shape index (κ3) is 5.00. The molecule has 1 heterocycles. The molecule has 0 bridgehead atoms. The Morgan fingerprint density at radius 3 is 2.25 bits per heavy atom. The molecule has 0 fully saturated rings. The maximum atomic E-state index is 13.1. The van der Waals surface area contributed by atoms with Crippen LogP contribution in [0.2, 0.25) is 0 Å². The number of nitrogens with one attached hydrogen (secondary N) is 3. The molecule has 2 aromatic carbocycles. The molecule has 0 spiro atoms. The Bertz CT molecular complexity index is 979. The van der Waals surface area contributed by atoms with Gasteiger partial charge in [0.25, 0.3) is 5.91 Å². The molecule has 0 atom stereocenters. The number of amides is 1. The van der Waals surface area contributed by atoms with Gasteiger partial charge in [0.05, 0.1) is 5.69 Å². The maximum absolute atomic E-state index is 13.1. The second-order valence-electron chi connectivity index (χ2n) is 6.37. The molecule has 0 saturated heterocycles. The number of hydrogen-bond donors (Lipinski definition) is 3. The van der Waals surface area contributed by atoms with Crippen molar-refractivity contribution >= 4 is 17.7 Å². The molecule has 3 rings (SSSR count). The highest BCUT2D eigenvalue weighted by Crippen LogP contribution is 2.20. The molecule has 1 amide bonds. The van der Waals surface area contributed by atoms with Crippen LogP contribution in [0.5, 0.6) is 0 Å². The molecule has 144 valence electrons. The number of rotatable bonds is 4. The molecule has 0 radical (unpaired) electrons. The van der Waals surface area contributed by atoms with Crippen molar-refractivity contribution in [2.75, 3.05) is 5.32 Å². The minimum atomic E-state index is -0.520. The van der Waals surface area contributed by atoms with E-state index in [0.717, 1.165) is 5.56 Å². The van der Waals surface area contributed by atoms with Crippen molar-refractivity contribution in [1.82, 2.24) is 15.5 Å². The van der Waals surface area contributed by atoms with Crippen LogP contribution in [0.25, 0.3) is 11.3 Å². The number of anilines is 1. The fourth-order valence-corrected chi connectivity index (χ4v) is 2.41. The van der Waals surface area contributed by atoms with E-state index >= 15 is 0 Å². The van der Waals surface area contributed by atoms with Gasteiger partial charge in [0.2, 0.25) is 5.96 Å². The topological polar surface area (TPSA) is 82.2 Å². The van der Waals surface area contributed by atoms with E-state index in [9.17, 15) is 13.6 Å².